The zero-order valence-corrected chi connectivity index (χ0v) is 12.7. The minimum Gasteiger partial charge on any atom is -0.487 e. The fraction of sp³-hybridized carbons (Fsp3) is 0.0714. The zero-order valence-electron chi connectivity index (χ0n) is 10.4. The second kappa shape index (κ2) is 6.74. The third kappa shape index (κ3) is 3.72. The molecule has 0 aliphatic heterocycles. The van der Waals surface area contributed by atoms with E-state index < -0.39 is 0 Å². The van der Waals surface area contributed by atoms with Gasteiger partial charge < -0.3 is 4.74 Å². The number of rotatable bonds is 4. The van der Waals surface area contributed by atoms with Crippen LogP contribution in [0.2, 0.25) is 5.02 Å². The molecule has 0 saturated heterocycles. The highest BCUT2D eigenvalue weighted by atomic mass is 79.9. The number of ether oxygens (including phenoxy) is 1. The van der Waals surface area contributed by atoms with Crippen molar-refractivity contribution in [1.82, 2.24) is 5.43 Å². The predicted molar refractivity (Wildman–Crippen MR) is 81.6 cm³/mol. The molecule has 2 rings (SSSR count). The maximum Gasteiger partial charge on any atom is 0.265 e. The fourth-order valence-corrected chi connectivity index (χ4v) is 2.37. The van der Waals surface area contributed by atoms with E-state index >= 15 is 0 Å². The zero-order chi connectivity index (χ0) is 14.5. The summed E-state index contributed by atoms with van der Waals surface area (Å²) in [6.07, 6.45) is 0. The van der Waals surface area contributed by atoms with Crippen molar-refractivity contribution < 1.29 is 9.53 Å². The molecule has 3 N–H and O–H groups in total. The molecule has 2 aromatic rings. The number of halogens is 2. The normalized spacial score (nSPS) is 10.2. The minimum absolute atomic E-state index is 0.313. The molecule has 0 spiro atoms. The van der Waals surface area contributed by atoms with E-state index in [1.165, 1.54) is 0 Å². The second-order valence-corrected chi connectivity index (χ2v) is 5.36. The Kier molecular flexibility index (Phi) is 5.00. The average Bonchev–Trinajstić information content (AvgIpc) is 2.46. The molecule has 0 aliphatic carbocycles. The van der Waals surface area contributed by atoms with Crippen LogP contribution < -0.4 is 16.0 Å². The van der Waals surface area contributed by atoms with Crippen LogP contribution in [0.5, 0.6) is 5.75 Å². The van der Waals surface area contributed by atoms with Crippen LogP contribution in [-0.4, -0.2) is 5.91 Å². The van der Waals surface area contributed by atoms with Gasteiger partial charge in [0.05, 0.1) is 5.02 Å². The summed E-state index contributed by atoms with van der Waals surface area (Å²) in [5, 5.41) is 0.523. The molecule has 0 saturated carbocycles. The summed E-state index contributed by atoms with van der Waals surface area (Å²) < 4.78 is 6.52. The lowest BCUT2D eigenvalue weighted by molar-refractivity contribution is 0.0953. The first-order valence-electron chi connectivity index (χ1n) is 5.78. The molecular weight excluding hydrogens is 344 g/mol. The van der Waals surface area contributed by atoms with E-state index in [0.717, 1.165) is 10.0 Å². The first kappa shape index (κ1) is 14.8. The van der Waals surface area contributed by atoms with Gasteiger partial charge in [-0.15, -0.1) is 0 Å². The van der Waals surface area contributed by atoms with E-state index in [-0.39, 0.29) is 5.91 Å². The Morgan fingerprint density at radius 1 is 1.30 bits per heavy atom. The van der Waals surface area contributed by atoms with Gasteiger partial charge in [0.25, 0.3) is 5.91 Å². The Bertz CT molecular complexity index is 634. The predicted octanol–water partition coefficient (Wildman–Crippen LogP) is 3.29. The average molecular weight is 356 g/mol. The number of carbonyl (C=O) groups excluding carboxylic acids is 1. The molecule has 0 fully saturated rings. The second-order valence-electron chi connectivity index (χ2n) is 4.04. The number of amides is 1. The first-order chi connectivity index (χ1) is 9.60. The smallest absolute Gasteiger partial charge is 0.265 e. The van der Waals surface area contributed by atoms with Crippen molar-refractivity contribution in [1.29, 1.82) is 0 Å². The van der Waals surface area contributed by atoms with Crippen molar-refractivity contribution in [3.8, 4) is 5.75 Å². The summed E-state index contributed by atoms with van der Waals surface area (Å²) in [5.41, 5.74) is 3.43. The lowest BCUT2D eigenvalue weighted by Gasteiger charge is -2.09. The molecule has 0 atom stereocenters. The molecule has 1 amide bonds. The molecule has 4 nitrogen and oxygen atoms in total. The number of hydrogen-bond acceptors (Lipinski definition) is 3. The summed E-state index contributed by atoms with van der Waals surface area (Å²) in [7, 11) is 0. The van der Waals surface area contributed by atoms with E-state index in [4.69, 9.17) is 22.2 Å². The van der Waals surface area contributed by atoms with Crippen LogP contribution in [0.15, 0.2) is 46.9 Å². The number of hydrazine groups is 1. The SMILES string of the molecule is NNC(=O)c1cccc(COc2ccc(Br)cc2Cl)c1. The quantitative estimate of drug-likeness (QED) is 0.502. The standard InChI is InChI=1S/C14H12BrClN2O2/c15-11-4-5-13(12(16)7-11)20-8-9-2-1-3-10(6-9)14(19)18-17/h1-7H,8,17H2,(H,18,19). The van der Waals surface area contributed by atoms with Crippen molar-refractivity contribution in [2.45, 2.75) is 6.61 Å². The molecule has 20 heavy (non-hydrogen) atoms. The van der Waals surface area contributed by atoms with Crippen molar-refractivity contribution >= 4 is 33.4 Å². The van der Waals surface area contributed by atoms with Crippen LogP contribution >= 0.6 is 27.5 Å². The van der Waals surface area contributed by atoms with Crippen LogP contribution in [0.1, 0.15) is 15.9 Å². The van der Waals surface area contributed by atoms with Crippen LogP contribution in [0.4, 0.5) is 0 Å². The highest BCUT2D eigenvalue weighted by Gasteiger charge is 2.06. The Hall–Kier alpha value is -1.56. The van der Waals surface area contributed by atoms with Crippen molar-refractivity contribution in [3.05, 3.63) is 63.1 Å². The summed E-state index contributed by atoms with van der Waals surface area (Å²) in [4.78, 5) is 11.4. The monoisotopic (exact) mass is 354 g/mol. The minimum atomic E-state index is -0.339. The molecule has 0 aromatic heterocycles. The molecular formula is C14H12BrClN2O2. The summed E-state index contributed by atoms with van der Waals surface area (Å²) >= 11 is 9.39. The number of hydrogen-bond donors (Lipinski definition) is 2. The lowest BCUT2D eigenvalue weighted by Crippen LogP contribution is -2.30. The first-order valence-corrected chi connectivity index (χ1v) is 6.95. The van der Waals surface area contributed by atoms with Crippen LogP contribution in [0, 0.1) is 0 Å². The van der Waals surface area contributed by atoms with Gasteiger partial charge in [0.2, 0.25) is 0 Å². The third-order valence-electron chi connectivity index (χ3n) is 2.61. The van der Waals surface area contributed by atoms with Crippen LogP contribution in [0.25, 0.3) is 0 Å². The van der Waals surface area contributed by atoms with Gasteiger partial charge in [0.1, 0.15) is 12.4 Å². The number of nitrogen functional groups attached to an aromatic ring is 1. The Morgan fingerprint density at radius 2 is 2.10 bits per heavy atom. The van der Waals surface area contributed by atoms with E-state index in [2.05, 4.69) is 21.4 Å². The molecule has 0 aliphatic rings. The molecule has 6 heteroatoms. The van der Waals surface area contributed by atoms with Gasteiger partial charge in [-0.2, -0.15) is 0 Å². The van der Waals surface area contributed by atoms with E-state index in [0.29, 0.717) is 22.9 Å². The highest BCUT2D eigenvalue weighted by Crippen LogP contribution is 2.28. The molecule has 0 heterocycles. The van der Waals surface area contributed by atoms with Gasteiger partial charge in [-0.25, -0.2) is 5.84 Å². The maximum atomic E-state index is 11.4. The Labute approximate surface area is 130 Å². The summed E-state index contributed by atoms with van der Waals surface area (Å²) in [5.74, 6) is 5.35. The summed E-state index contributed by atoms with van der Waals surface area (Å²) in [6, 6.07) is 12.4. The largest absolute Gasteiger partial charge is 0.487 e. The van der Waals surface area contributed by atoms with Crippen LogP contribution in [-0.2, 0) is 6.61 Å². The molecule has 0 radical (unpaired) electrons. The lowest BCUT2D eigenvalue weighted by atomic mass is 10.1. The van der Waals surface area contributed by atoms with Gasteiger partial charge in [0.15, 0.2) is 0 Å². The van der Waals surface area contributed by atoms with Gasteiger partial charge in [-0.05, 0) is 35.9 Å². The highest BCUT2D eigenvalue weighted by molar-refractivity contribution is 9.10. The summed E-state index contributed by atoms with van der Waals surface area (Å²) in [6.45, 7) is 0.313. The molecule has 2 aromatic carbocycles. The molecule has 0 unspecified atom stereocenters. The maximum absolute atomic E-state index is 11.4. The number of nitrogens with two attached hydrogens (primary N) is 1. The topological polar surface area (TPSA) is 64.3 Å². The van der Waals surface area contributed by atoms with Gasteiger partial charge >= 0.3 is 0 Å². The van der Waals surface area contributed by atoms with Gasteiger partial charge in [-0.3, -0.25) is 10.2 Å². The van der Waals surface area contributed by atoms with Crippen LogP contribution in [0.3, 0.4) is 0 Å². The molecule has 104 valence electrons. The van der Waals surface area contributed by atoms with E-state index in [9.17, 15) is 4.79 Å². The van der Waals surface area contributed by atoms with Crippen molar-refractivity contribution in [2.24, 2.45) is 5.84 Å². The number of nitrogens with one attached hydrogen (secondary N) is 1. The fourth-order valence-electron chi connectivity index (χ4n) is 1.64. The number of benzene rings is 2. The van der Waals surface area contributed by atoms with Gasteiger partial charge in [0, 0.05) is 10.0 Å². The van der Waals surface area contributed by atoms with Gasteiger partial charge in [-0.1, -0.05) is 39.7 Å². The Morgan fingerprint density at radius 3 is 2.80 bits per heavy atom. The van der Waals surface area contributed by atoms with E-state index in [1.54, 1.807) is 30.3 Å². The Balaban J connectivity index is 2.09. The number of carbonyl (C=O) groups is 1. The van der Waals surface area contributed by atoms with Crippen molar-refractivity contribution in [3.63, 3.8) is 0 Å². The molecule has 0 bridgehead atoms. The third-order valence-corrected chi connectivity index (χ3v) is 3.40. The van der Waals surface area contributed by atoms with E-state index in [1.807, 2.05) is 12.1 Å². The van der Waals surface area contributed by atoms with Crippen molar-refractivity contribution in [2.75, 3.05) is 0 Å².